The number of nitrogens with one attached hydrogen (secondary N) is 4. The van der Waals surface area contributed by atoms with Crippen LogP contribution in [-0.4, -0.2) is 33.9 Å². The molecule has 8 heteroatoms. The van der Waals surface area contributed by atoms with E-state index in [1.165, 1.54) is 24.0 Å². The van der Waals surface area contributed by atoms with E-state index < -0.39 is 0 Å². The smallest absolute Gasteiger partial charge is 0.259 e. The second kappa shape index (κ2) is 13.6. The molecule has 1 unspecified atom stereocenters. The van der Waals surface area contributed by atoms with E-state index in [4.69, 9.17) is 0 Å². The van der Waals surface area contributed by atoms with E-state index in [1.807, 2.05) is 30.3 Å². The first-order valence-corrected chi connectivity index (χ1v) is 14.8. The molecule has 218 valence electrons. The van der Waals surface area contributed by atoms with Crippen molar-refractivity contribution in [1.29, 1.82) is 0 Å². The molecule has 1 atom stereocenters. The van der Waals surface area contributed by atoms with Crippen LogP contribution in [0.25, 0.3) is 0 Å². The topological polar surface area (TPSA) is 104 Å². The summed E-state index contributed by atoms with van der Waals surface area (Å²) >= 11 is 0. The van der Waals surface area contributed by atoms with Gasteiger partial charge in [-0.05, 0) is 115 Å². The van der Waals surface area contributed by atoms with Crippen LogP contribution in [0.3, 0.4) is 0 Å². The molecule has 0 aliphatic carbocycles. The zero-order chi connectivity index (χ0) is 29.4. The highest BCUT2D eigenvalue weighted by Crippen LogP contribution is 2.31. The molecule has 4 heterocycles. The Morgan fingerprint density at radius 2 is 1.76 bits per heavy atom. The highest BCUT2D eigenvalue weighted by molar-refractivity contribution is 6.08. The molecule has 0 spiro atoms. The summed E-state index contributed by atoms with van der Waals surface area (Å²) in [4.78, 5) is 26.6. The number of nitrogens with zero attached hydrogens (tertiary/aromatic N) is 3. The Bertz CT molecular complexity index is 1480. The molecular formula is C34H41N7O. The number of hydrogen-bond donors (Lipinski definition) is 4. The fraction of sp³-hybridized carbons (Fsp3) is 0.353. The third-order valence-electron chi connectivity index (χ3n) is 7.71. The average Bonchev–Trinajstić information content (AvgIpc) is 3.51. The van der Waals surface area contributed by atoms with Crippen molar-refractivity contribution in [3.05, 3.63) is 102 Å². The number of amides is 1. The van der Waals surface area contributed by atoms with Crippen molar-refractivity contribution in [2.45, 2.75) is 58.4 Å². The molecule has 1 aromatic carbocycles. The number of hydrogen-bond acceptors (Lipinski definition) is 7. The lowest BCUT2D eigenvalue weighted by Crippen LogP contribution is -2.17. The van der Waals surface area contributed by atoms with Gasteiger partial charge in [0.15, 0.2) is 0 Å². The molecule has 1 saturated heterocycles. The van der Waals surface area contributed by atoms with Gasteiger partial charge in [-0.2, -0.15) is 0 Å². The number of pyridine rings is 3. The number of benzene rings is 1. The minimum atomic E-state index is -0.215. The molecule has 0 bridgehead atoms. The highest BCUT2D eigenvalue weighted by Gasteiger charge is 2.21. The summed E-state index contributed by atoms with van der Waals surface area (Å²) in [6.07, 6.45) is 11.6. The van der Waals surface area contributed by atoms with Gasteiger partial charge in [-0.25, -0.2) is 9.97 Å². The maximum Gasteiger partial charge on any atom is 0.259 e. The number of anilines is 4. The maximum absolute atomic E-state index is 13.6. The van der Waals surface area contributed by atoms with Crippen LogP contribution in [0.1, 0.15) is 67.1 Å². The second-order valence-electron chi connectivity index (χ2n) is 12.0. The van der Waals surface area contributed by atoms with Crippen molar-refractivity contribution in [3.8, 4) is 0 Å². The molecule has 1 aliphatic rings. The number of aromatic nitrogens is 3. The molecule has 8 nitrogen and oxygen atoms in total. The van der Waals surface area contributed by atoms with Crippen LogP contribution in [0.5, 0.6) is 0 Å². The zero-order valence-electron chi connectivity index (χ0n) is 24.8. The number of carbonyl (C=O) groups is 1. The Morgan fingerprint density at radius 1 is 0.976 bits per heavy atom. The number of rotatable bonds is 11. The Balaban J connectivity index is 1.30. The van der Waals surface area contributed by atoms with E-state index in [1.54, 1.807) is 36.9 Å². The fourth-order valence-electron chi connectivity index (χ4n) is 5.50. The van der Waals surface area contributed by atoms with Crippen LogP contribution in [0, 0.1) is 5.92 Å². The molecule has 3 aromatic heterocycles. The first-order valence-electron chi connectivity index (χ1n) is 14.8. The summed E-state index contributed by atoms with van der Waals surface area (Å²) in [6.45, 7) is 9.60. The van der Waals surface area contributed by atoms with Crippen LogP contribution >= 0.6 is 0 Å². The van der Waals surface area contributed by atoms with Crippen LogP contribution in [-0.2, 0) is 18.4 Å². The minimum Gasteiger partial charge on any atom is -0.364 e. The van der Waals surface area contributed by atoms with E-state index >= 15 is 0 Å². The summed E-state index contributed by atoms with van der Waals surface area (Å²) in [7, 11) is 0. The highest BCUT2D eigenvalue weighted by atomic mass is 16.1. The Kier molecular flexibility index (Phi) is 9.44. The zero-order valence-corrected chi connectivity index (χ0v) is 24.8. The van der Waals surface area contributed by atoms with Crippen molar-refractivity contribution >= 4 is 28.9 Å². The van der Waals surface area contributed by atoms with Gasteiger partial charge >= 0.3 is 0 Å². The SMILES string of the molecule is CC(C)(C)c1ccc(NC(=O)c2cccnc2Nc2cccnc2NCc2ccncc2)cc1CCCC1CCNC1. The van der Waals surface area contributed by atoms with Crippen molar-refractivity contribution in [2.75, 3.05) is 29.0 Å². The van der Waals surface area contributed by atoms with Crippen LogP contribution < -0.4 is 21.3 Å². The monoisotopic (exact) mass is 563 g/mol. The lowest BCUT2D eigenvalue weighted by Gasteiger charge is -2.24. The summed E-state index contributed by atoms with van der Waals surface area (Å²) in [5.74, 6) is 1.69. The average molecular weight is 564 g/mol. The molecule has 4 aromatic rings. The Labute approximate surface area is 248 Å². The van der Waals surface area contributed by atoms with E-state index in [0.717, 1.165) is 48.8 Å². The summed E-state index contributed by atoms with van der Waals surface area (Å²) in [6, 6.07) is 17.6. The standard InChI is InChI=1S/C34H41N7O/c1-34(2,3)29-12-11-27(21-26(29)8-4-7-24-15-20-36-22-24)40-33(42)28-9-5-16-37-31(28)41-30-10-6-17-38-32(30)39-23-25-13-18-35-19-14-25/h5-6,9-14,16-19,21,24,36H,4,7-8,15,20,22-23H2,1-3H3,(H,37,41)(H,38,39)(H,40,42). The summed E-state index contributed by atoms with van der Waals surface area (Å²) < 4.78 is 0. The fourth-order valence-corrected chi connectivity index (χ4v) is 5.50. The molecule has 0 radical (unpaired) electrons. The lowest BCUT2D eigenvalue weighted by atomic mass is 9.82. The molecule has 1 aliphatic heterocycles. The summed E-state index contributed by atoms with van der Waals surface area (Å²) in [5.41, 5.74) is 5.73. The van der Waals surface area contributed by atoms with Crippen molar-refractivity contribution in [3.63, 3.8) is 0 Å². The second-order valence-corrected chi connectivity index (χ2v) is 12.0. The third-order valence-corrected chi connectivity index (χ3v) is 7.71. The molecule has 0 saturated carbocycles. The van der Waals surface area contributed by atoms with Gasteiger partial charge in [-0.1, -0.05) is 26.8 Å². The van der Waals surface area contributed by atoms with Gasteiger partial charge < -0.3 is 21.3 Å². The van der Waals surface area contributed by atoms with Crippen molar-refractivity contribution in [1.82, 2.24) is 20.3 Å². The van der Waals surface area contributed by atoms with Crippen molar-refractivity contribution < 1.29 is 4.79 Å². The quantitative estimate of drug-likeness (QED) is 0.161. The van der Waals surface area contributed by atoms with E-state index in [2.05, 4.69) is 69.1 Å². The molecule has 42 heavy (non-hydrogen) atoms. The third kappa shape index (κ3) is 7.70. The van der Waals surface area contributed by atoms with Gasteiger partial charge in [0.05, 0.1) is 11.3 Å². The van der Waals surface area contributed by atoms with Gasteiger partial charge in [0.1, 0.15) is 11.6 Å². The predicted molar refractivity (Wildman–Crippen MR) is 170 cm³/mol. The van der Waals surface area contributed by atoms with E-state index in [0.29, 0.717) is 23.7 Å². The van der Waals surface area contributed by atoms with Gasteiger partial charge in [0.25, 0.3) is 5.91 Å². The number of carbonyl (C=O) groups excluding carboxylic acids is 1. The lowest BCUT2D eigenvalue weighted by molar-refractivity contribution is 0.102. The van der Waals surface area contributed by atoms with Gasteiger partial charge in [-0.15, -0.1) is 0 Å². The first-order chi connectivity index (χ1) is 20.4. The number of aryl methyl sites for hydroxylation is 1. The van der Waals surface area contributed by atoms with Gasteiger partial charge in [-0.3, -0.25) is 9.78 Å². The van der Waals surface area contributed by atoms with Gasteiger partial charge in [0, 0.05) is 37.0 Å². The normalized spacial score (nSPS) is 14.9. The Hall–Kier alpha value is -4.30. The van der Waals surface area contributed by atoms with E-state index in [-0.39, 0.29) is 11.3 Å². The largest absolute Gasteiger partial charge is 0.364 e. The Morgan fingerprint density at radius 3 is 2.52 bits per heavy atom. The summed E-state index contributed by atoms with van der Waals surface area (Å²) in [5, 5.41) is 13.3. The molecule has 5 rings (SSSR count). The molecule has 1 amide bonds. The molecule has 1 fully saturated rings. The van der Waals surface area contributed by atoms with E-state index in [9.17, 15) is 4.79 Å². The maximum atomic E-state index is 13.6. The predicted octanol–water partition coefficient (Wildman–Crippen LogP) is 6.71. The minimum absolute atomic E-state index is 0.0279. The van der Waals surface area contributed by atoms with Crippen LogP contribution in [0.2, 0.25) is 0 Å². The van der Waals surface area contributed by atoms with Crippen molar-refractivity contribution in [2.24, 2.45) is 5.92 Å². The van der Waals surface area contributed by atoms with Crippen LogP contribution in [0.15, 0.2) is 79.4 Å². The molecule has 4 N–H and O–H groups in total. The van der Waals surface area contributed by atoms with Crippen LogP contribution in [0.4, 0.5) is 23.0 Å². The molecular weight excluding hydrogens is 522 g/mol. The first kappa shape index (κ1) is 29.2. The van der Waals surface area contributed by atoms with Gasteiger partial charge in [0.2, 0.25) is 0 Å².